The molecule has 0 spiro atoms. The maximum absolute atomic E-state index is 13.9. The molecule has 5 rings (SSSR count). The lowest BCUT2D eigenvalue weighted by atomic mass is 10.0. The molecule has 0 amide bonds. The van der Waals surface area contributed by atoms with Crippen molar-refractivity contribution in [3.63, 3.8) is 0 Å². The van der Waals surface area contributed by atoms with Crippen molar-refractivity contribution >= 4 is 53.9 Å². The average molecular weight is 391 g/mol. The lowest BCUT2D eigenvalue weighted by Gasteiger charge is -2.07. The first-order valence-electron chi connectivity index (χ1n) is 8.59. The molecule has 0 unspecified atom stereocenters. The predicted molar refractivity (Wildman–Crippen MR) is 111 cm³/mol. The van der Waals surface area contributed by atoms with Crippen LogP contribution in [0.1, 0.15) is 0 Å². The Hall–Kier alpha value is -3.45. The average Bonchev–Trinajstić information content (AvgIpc) is 3.12. The van der Waals surface area contributed by atoms with Crippen molar-refractivity contribution in [3.05, 3.63) is 70.9 Å². The number of para-hydroxylation sites is 2. The van der Waals surface area contributed by atoms with Gasteiger partial charge < -0.3 is 15.0 Å². The van der Waals surface area contributed by atoms with E-state index in [1.165, 1.54) is 23.5 Å². The second-order valence-corrected chi connectivity index (χ2v) is 7.31. The molecule has 138 valence electrons. The Morgan fingerprint density at radius 1 is 1.11 bits per heavy atom. The fourth-order valence-corrected chi connectivity index (χ4v) is 4.49. The smallest absolute Gasteiger partial charge is 0.256 e. The topological polar surface area (TPSA) is 67.0 Å². The number of benzene rings is 3. The van der Waals surface area contributed by atoms with Crippen molar-refractivity contribution in [2.24, 2.45) is 0 Å². The number of nitrogens with one attached hydrogen (secondary N) is 2. The minimum Gasteiger partial charge on any atom is -0.495 e. The van der Waals surface area contributed by atoms with Gasteiger partial charge in [0.25, 0.3) is 5.56 Å². The van der Waals surface area contributed by atoms with Crippen molar-refractivity contribution in [1.82, 2.24) is 9.97 Å². The molecule has 0 bridgehead atoms. The molecule has 2 N–H and O–H groups in total. The minimum absolute atomic E-state index is 0.248. The van der Waals surface area contributed by atoms with Gasteiger partial charge in [-0.1, -0.05) is 23.5 Å². The highest BCUT2D eigenvalue weighted by atomic mass is 32.1. The molecule has 0 saturated carbocycles. The number of hydrogen-bond acceptors (Lipinski definition) is 5. The summed E-state index contributed by atoms with van der Waals surface area (Å²) in [6.07, 6.45) is 1.60. The molecule has 3 aromatic carbocycles. The number of H-pyrrole nitrogens is 1. The van der Waals surface area contributed by atoms with Crippen molar-refractivity contribution in [2.75, 3.05) is 12.4 Å². The third-order valence-corrected chi connectivity index (χ3v) is 5.69. The molecule has 28 heavy (non-hydrogen) atoms. The number of nitrogens with zero attached hydrogens (tertiary/aromatic N) is 1. The van der Waals surface area contributed by atoms with Gasteiger partial charge in [0.1, 0.15) is 11.6 Å². The van der Waals surface area contributed by atoms with E-state index in [2.05, 4.69) is 10.3 Å². The summed E-state index contributed by atoms with van der Waals surface area (Å²) in [5.41, 5.74) is 1.28. The van der Waals surface area contributed by atoms with Crippen molar-refractivity contribution < 1.29 is 9.13 Å². The number of pyridine rings is 1. The maximum Gasteiger partial charge on any atom is 0.256 e. The minimum atomic E-state index is -0.390. The van der Waals surface area contributed by atoms with E-state index < -0.39 is 0 Å². The zero-order chi connectivity index (χ0) is 19.3. The number of halogens is 1. The highest BCUT2D eigenvalue weighted by Crippen LogP contribution is 2.39. The van der Waals surface area contributed by atoms with Crippen LogP contribution in [0.4, 0.5) is 15.2 Å². The number of methoxy groups -OCH3 is 1. The van der Waals surface area contributed by atoms with Gasteiger partial charge in [0.15, 0.2) is 5.13 Å². The fraction of sp³-hybridized carbons (Fsp3) is 0.0476. The largest absolute Gasteiger partial charge is 0.495 e. The van der Waals surface area contributed by atoms with E-state index in [9.17, 15) is 9.18 Å². The monoisotopic (exact) mass is 391 g/mol. The first-order chi connectivity index (χ1) is 13.7. The standard InChI is InChI=1S/C21H14FN3O2S/c1-27-16-5-3-2-4-15(16)24-21-25-18-12-7-6-11(22)10-14(12)17-13(19(18)28-21)8-9-23-20(17)26/h2-10H,1H3,(H,23,26)(H,24,25). The molecule has 5 aromatic rings. The van der Waals surface area contributed by atoms with Crippen LogP contribution in [0.25, 0.3) is 31.8 Å². The summed E-state index contributed by atoms with van der Waals surface area (Å²) in [5.74, 6) is 0.314. The zero-order valence-corrected chi connectivity index (χ0v) is 15.6. The molecule has 0 aliphatic carbocycles. The van der Waals surface area contributed by atoms with Gasteiger partial charge in [0.05, 0.1) is 28.4 Å². The normalized spacial score (nSPS) is 11.4. The number of ether oxygens (including phenoxy) is 1. The number of fused-ring (bicyclic) bond motifs is 6. The molecular weight excluding hydrogens is 377 g/mol. The molecule has 7 heteroatoms. The van der Waals surface area contributed by atoms with E-state index in [0.717, 1.165) is 26.7 Å². The van der Waals surface area contributed by atoms with Crippen molar-refractivity contribution in [3.8, 4) is 5.75 Å². The molecule has 2 aromatic heterocycles. The third-order valence-electron chi connectivity index (χ3n) is 4.69. The Morgan fingerprint density at radius 3 is 2.82 bits per heavy atom. The fourth-order valence-electron chi connectivity index (χ4n) is 3.47. The van der Waals surface area contributed by atoms with Crippen LogP contribution in [-0.2, 0) is 0 Å². The van der Waals surface area contributed by atoms with Gasteiger partial charge in [-0.15, -0.1) is 0 Å². The number of anilines is 2. The second-order valence-electron chi connectivity index (χ2n) is 6.31. The van der Waals surface area contributed by atoms with Gasteiger partial charge in [-0.05, 0) is 36.4 Å². The Bertz CT molecular complexity index is 1420. The highest BCUT2D eigenvalue weighted by Gasteiger charge is 2.16. The van der Waals surface area contributed by atoms with Crippen molar-refractivity contribution in [1.29, 1.82) is 0 Å². The Morgan fingerprint density at radius 2 is 1.96 bits per heavy atom. The second kappa shape index (κ2) is 6.31. The first-order valence-corrected chi connectivity index (χ1v) is 9.40. The summed E-state index contributed by atoms with van der Waals surface area (Å²) in [6, 6.07) is 13.8. The van der Waals surface area contributed by atoms with Gasteiger partial charge in [-0.25, -0.2) is 9.37 Å². The van der Waals surface area contributed by atoms with Gasteiger partial charge >= 0.3 is 0 Å². The lowest BCUT2D eigenvalue weighted by Crippen LogP contribution is -2.05. The SMILES string of the molecule is COc1ccccc1Nc1nc2c3ccc(F)cc3c3c(=O)[nH]ccc3c2s1. The molecule has 0 fully saturated rings. The van der Waals surface area contributed by atoms with Gasteiger partial charge in [-0.2, -0.15) is 0 Å². The van der Waals surface area contributed by atoms with E-state index in [-0.39, 0.29) is 11.4 Å². The maximum atomic E-state index is 13.9. The van der Waals surface area contributed by atoms with Gasteiger partial charge in [0.2, 0.25) is 0 Å². The molecule has 0 aliphatic rings. The zero-order valence-electron chi connectivity index (χ0n) is 14.7. The Kier molecular flexibility index (Phi) is 3.77. The van der Waals surface area contributed by atoms with Crippen LogP contribution in [0.2, 0.25) is 0 Å². The summed E-state index contributed by atoms with van der Waals surface area (Å²) in [6.45, 7) is 0. The molecule has 5 nitrogen and oxygen atoms in total. The quantitative estimate of drug-likeness (QED) is 0.416. The van der Waals surface area contributed by atoms with Crippen LogP contribution in [0, 0.1) is 5.82 Å². The molecule has 0 atom stereocenters. The first kappa shape index (κ1) is 16.7. The predicted octanol–water partition coefficient (Wildman–Crippen LogP) is 5.18. The van der Waals surface area contributed by atoms with Gasteiger partial charge in [0, 0.05) is 22.4 Å². The van der Waals surface area contributed by atoms with Crippen LogP contribution in [0.15, 0.2) is 59.5 Å². The van der Waals surface area contributed by atoms with Crippen molar-refractivity contribution in [2.45, 2.75) is 0 Å². The summed E-state index contributed by atoms with van der Waals surface area (Å²) in [5, 5.41) is 6.47. The summed E-state index contributed by atoms with van der Waals surface area (Å²) < 4.78 is 20.2. The van der Waals surface area contributed by atoms with Crippen LogP contribution in [0.5, 0.6) is 5.75 Å². The van der Waals surface area contributed by atoms with Gasteiger partial charge in [-0.3, -0.25) is 4.79 Å². The highest BCUT2D eigenvalue weighted by molar-refractivity contribution is 7.23. The number of thiazole rings is 1. The molecule has 0 radical (unpaired) electrons. The van der Waals surface area contributed by atoms with Crippen LogP contribution < -0.4 is 15.6 Å². The summed E-state index contributed by atoms with van der Waals surface area (Å²) in [7, 11) is 1.61. The summed E-state index contributed by atoms with van der Waals surface area (Å²) in [4.78, 5) is 19.9. The van der Waals surface area contributed by atoms with E-state index >= 15 is 0 Å². The Labute approximate surface area is 162 Å². The molecular formula is C21H14FN3O2S. The van der Waals surface area contributed by atoms with E-state index in [4.69, 9.17) is 9.72 Å². The number of rotatable bonds is 3. The van der Waals surface area contributed by atoms with E-state index in [1.807, 2.05) is 30.3 Å². The Balaban J connectivity index is 1.82. The third kappa shape index (κ3) is 2.51. The molecule has 0 aliphatic heterocycles. The van der Waals surface area contributed by atoms with E-state index in [0.29, 0.717) is 21.7 Å². The molecule has 2 heterocycles. The molecule has 0 saturated heterocycles. The lowest BCUT2D eigenvalue weighted by molar-refractivity contribution is 0.417. The number of aromatic amines is 1. The van der Waals surface area contributed by atoms with E-state index in [1.54, 1.807) is 19.4 Å². The number of hydrogen-bond donors (Lipinski definition) is 2. The van der Waals surface area contributed by atoms with Crippen LogP contribution in [0.3, 0.4) is 0 Å². The van der Waals surface area contributed by atoms with Crippen LogP contribution >= 0.6 is 11.3 Å². The summed E-state index contributed by atoms with van der Waals surface area (Å²) >= 11 is 1.44. The number of aromatic nitrogens is 2. The van der Waals surface area contributed by atoms with Crippen LogP contribution in [-0.4, -0.2) is 17.1 Å².